The fourth-order valence-electron chi connectivity index (χ4n) is 3.53. The minimum absolute atomic E-state index is 0.308. The smallest absolute Gasteiger partial charge is 0.0313 e. The maximum atomic E-state index is 4.34. The van der Waals surface area contributed by atoms with Crippen molar-refractivity contribution in [2.45, 2.75) is 58.2 Å². The van der Waals surface area contributed by atoms with Crippen LogP contribution in [0, 0.1) is 12.8 Å². The monoisotopic (exact) mass is 273 g/mol. The Kier molecular flexibility index (Phi) is 3.83. The molecule has 3 rings (SSSR count). The minimum Gasteiger partial charge on any atom is -0.310 e. The van der Waals surface area contributed by atoms with Gasteiger partial charge in [0.25, 0.3) is 0 Å². The van der Waals surface area contributed by atoms with Crippen LogP contribution in [0.4, 0.5) is 0 Å². The van der Waals surface area contributed by atoms with E-state index in [1.165, 1.54) is 30.4 Å². The average Bonchev–Trinajstić information content (AvgIpc) is 3.21. The molecule has 2 fully saturated rings. The molecule has 0 spiro atoms. The quantitative estimate of drug-likeness (QED) is 0.918. The van der Waals surface area contributed by atoms with Gasteiger partial charge in [0, 0.05) is 37.1 Å². The van der Waals surface area contributed by atoms with Crippen LogP contribution >= 0.6 is 0 Å². The Labute approximate surface area is 122 Å². The molecule has 0 aromatic carbocycles. The molecule has 1 N–H and O–H groups in total. The zero-order valence-corrected chi connectivity index (χ0v) is 13.0. The van der Waals surface area contributed by atoms with Crippen molar-refractivity contribution in [1.29, 1.82) is 0 Å². The summed E-state index contributed by atoms with van der Waals surface area (Å²) in [6.45, 7) is 10.2. The van der Waals surface area contributed by atoms with E-state index < -0.39 is 0 Å². The summed E-state index contributed by atoms with van der Waals surface area (Å²) >= 11 is 0. The molecule has 110 valence electrons. The summed E-state index contributed by atoms with van der Waals surface area (Å²) in [4.78, 5) is 6.99. The Bertz CT molecular complexity index is 469. The van der Waals surface area contributed by atoms with Crippen LogP contribution in [-0.2, 0) is 6.54 Å². The van der Waals surface area contributed by atoms with Crippen LogP contribution in [0.3, 0.4) is 0 Å². The number of nitrogens with zero attached hydrogens (tertiary/aromatic N) is 2. The molecule has 2 atom stereocenters. The van der Waals surface area contributed by atoms with E-state index in [1.807, 2.05) is 12.4 Å². The van der Waals surface area contributed by atoms with Crippen LogP contribution in [-0.4, -0.2) is 34.6 Å². The maximum absolute atomic E-state index is 4.34. The van der Waals surface area contributed by atoms with Gasteiger partial charge in [-0.1, -0.05) is 6.07 Å². The van der Waals surface area contributed by atoms with Crippen molar-refractivity contribution in [3.63, 3.8) is 0 Å². The number of aromatic nitrogens is 1. The molecule has 3 heteroatoms. The van der Waals surface area contributed by atoms with Gasteiger partial charge in [-0.2, -0.15) is 0 Å². The fraction of sp³-hybridized carbons (Fsp3) is 0.706. The highest BCUT2D eigenvalue weighted by molar-refractivity contribution is 5.17. The molecular formula is C17H27N3. The summed E-state index contributed by atoms with van der Waals surface area (Å²) in [6, 6.07) is 2.91. The van der Waals surface area contributed by atoms with Crippen molar-refractivity contribution < 1.29 is 0 Å². The van der Waals surface area contributed by atoms with Gasteiger partial charge in [0.1, 0.15) is 0 Å². The molecule has 1 aliphatic heterocycles. The average molecular weight is 273 g/mol. The summed E-state index contributed by atoms with van der Waals surface area (Å²) in [6.07, 6.45) is 7.99. The van der Waals surface area contributed by atoms with Gasteiger partial charge in [0.2, 0.25) is 0 Å². The predicted molar refractivity (Wildman–Crippen MR) is 82.6 cm³/mol. The van der Waals surface area contributed by atoms with Gasteiger partial charge < -0.3 is 5.32 Å². The summed E-state index contributed by atoms with van der Waals surface area (Å²) in [5, 5.41) is 3.82. The number of aryl methyl sites for hydroxylation is 1. The summed E-state index contributed by atoms with van der Waals surface area (Å²) < 4.78 is 0. The van der Waals surface area contributed by atoms with E-state index >= 15 is 0 Å². The maximum Gasteiger partial charge on any atom is 0.0313 e. The lowest BCUT2D eigenvalue weighted by Crippen LogP contribution is -2.51. The highest BCUT2D eigenvalue weighted by Crippen LogP contribution is 2.41. The highest BCUT2D eigenvalue weighted by Gasteiger charge is 2.43. The Morgan fingerprint density at radius 2 is 2.15 bits per heavy atom. The molecular weight excluding hydrogens is 246 g/mol. The van der Waals surface area contributed by atoms with Crippen molar-refractivity contribution >= 4 is 0 Å². The van der Waals surface area contributed by atoms with Crippen LogP contribution in [0.15, 0.2) is 18.5 Å². The van der Waals surface area contributed by atoms with E-state index in [-0.39, 0.29) is 0 Å². The molecule has 1 aromatic heterocycles. The van der Waals surface area contributed by atoms with Gasteiger partial charge >= 0.3 is 0 Å². The lowest BCUT2D eigenvalue weighted by atomic mass is 9.95. The van der Waals surface area contributed by atoms with Gasteiger partial charge in [-0.3, -0.25) is 9.88 Å². The first-order valence-corrected chi connectivity index (χ1v) is 7.96. The second-order valence-corrected chi connectivity index (χ2v) is 7.03. The molecule has 2 unspecified atom stereocenters. The first-order chi connectivity index (χ1) is 9.57. The standard InChI is InChI=1S/C17H27N3/c1-13-8-15(10-18-9-13)11-20-12-17(3,16-4-5-16)19-7-6-14(20)2/h8-10,14,16,19H,4-7,11-12H2,1-3H3. The zero-order valence-electron chi connectivity index (χ0n) is 13.0. The third-order valence-corrected chi connectivity index (χ3v) is 5.04. The van der Waals surface area contributed by atoms with E-state index in [9.17, 15) is 0 Å². The number of pyridine rings is 1. The van der Waals surface area contributed by atoms with E-state index in [2.05, 4.69) is 42.0 Å². The van der Waals surface area contributed by atoms with Crippen molar-refractivity contribution in [3.05, 3.63) is 29.6 Å². The van der Waals surface area contributed by atoms with Crippen LogP contribution in [0.2, 0.25) is 0 Å². The van der Waals surface area contributed by atoms with Crippen molar-refractivity contribution in [2.24, 2.45) is 5.92 Å². The highest BCUT2D eigenvalue weighted by atomic mass is 15.2. The summed E-state index contributed by atoms with van der Waals surface area (Å²) in [5.41, 5.74) is 2.91. The first kappa shape index (κ1) is 14.0. The normalized spacial score (nSPS) is 32.0. The van der Waals surface area contributed by atoms with Crippen LogP contribution in [0.1, 0.15) is 44.2 Å². The van der Waals surface area contributed by atoms with E-state index in [0.717, 1.165) is 25.6 Å². The van der Waals surface area contributed by atoms with Crippen molar-refractivity contribution in [1.82, 2.24) is 15.2 Å². The van der Waals surface area contributed by atoms with Gasteiger partial charge in [-0.15, -0.1) is 0 Å². The molecule has 0 radical (unpaired) electrons. The Morgan fingerprint density at radius 3 is 2.85 bits per heavy atom. The number of hydrogen-bond acceptors (Lipinski definition) is 3. The summed E-state index contributed by atoms with van der Waals surface area (Å²) in [7, 11) is 0. The molecule has 1 saturated carbocycles. The number of rotatable bonds is 3. The van der Waals surface area contributed by atoms with Gasteiger partial charge in [-0.25, -0.2) is 0 Å². The summed E-state index contributed by atoms with van der Waals surface area (Å²) in [5.74, 6) is 0.880. The van der Waals surface area contributed by atoms with E-state index in [1.54, 1.807) is 0 Å². The number of hydrogen-bond donors (Lipinski definition) is 1. The third kappa shape index (κ3) is 3.04. The van der Waals surface area contributed by atoms with Crippen LogP contribution in [0.25, 0.3) is 0 Å². The zero-order chi connectivity index (χ0) is 14.2. The Balaban J connectivity index is 1.75. The predicted octanol–water partition coefficient (Wildman–Crippen LogP) is 2.74. The lowest BCUT2D eigenvalue weighted by molar-refractivity contribution is 0.154. The molecule has 1 aromatic rings. The van der Waals surface area contributed by atoms with Crippen LogP contribution in [0.5, 0.6) is 0 Å². The molecule has 1 saturated heterocycles. The molecule has 1 aliphatic carbocycles. The Hall–Kier alpha value is -0.930. The van der Waals surface area contributed by atoms with E-state index in [0.29, 0.717) is 11.6 Å². The first-order valence-electron chi connectivity index (χ1n) is 7.96. The van der Waals surface area contributed by atoms with Gasteiger partial charge in [0.15, 0.2) is 0 Å². The fourth-order valence-corrected chi connectivity index (χ4v) is 3.53. The third-order valence-electron chi connectivity index (χ3n) is 5.04. The minimum atomic E-state index is 0.308. The molecule has 2 aliphatic rings. The van der Waals surface area contributed by atoms with Gasteiger partial charge in [-0.05, 0) is 63.6 Å². The topological polar surface area (TPSA) is 28.2 Å². The molecule has 3 nitrogen and oxygen atoms in total. The number of nitrogens with one attached hydrogen (secondary N) is 1. The van der Waals surface area contributed by atoms with Crippen molar-refractivity contribution in [3.8, 4) is 0 Å². The Morgan fingerprint density at radius 1 is 1.35 bits per heavy atom. The second kappa shape index (κ2) is 5.45. The SMILES string of the molecule is Cc1cncc(CN2CC(C)(C3CC3)NCCC2C)c1. The lowest BCUT2D eigenvalue weighted by Gasteiger charge is -2.36. The molecule has 2 heterocycles. The van der Waals surface area contributed by atoms with Gasteiger partial charge in [0.05, 0.1) is 0 Å². The molecule has 0 amide bonds. The van der Waals surface area contributed by atoms with Crippen molar-refractivity contribution in [2.75, 3.05) is 13.1 Å². The van der Waals surface area contributed by atoms with Crippen LogP contribution < -0.4 is 5.32 Å². The molecule has 20 heavy (non-hydrogen) atoms. The van der Waals surface area contributed by atoms with E-state index in [4.69, 9.17) is 0 Å². The molecule has 0 bridgehead atoms. The second-order valence-electron chi connectivity index (χ2n) is 7.03. The largest absolute Gasteiger partial charge is 0.310 e.